The summed E-state index contributed by atoms with van der Waals surface area (Å²) in [6.45, 7) is 1.93. The SMILES string of the molecule is COc1cc(/C=C(/C#N)C(=O)Nc2cccc(C)c2)c(Br)cc1OCc1ccccc1F. The van der Waals surface area contributed by atoms with E-state index in [0.29, 0.717) is 32.8 Å². The Kier molecular flexibility index (Phi) is 7.63. The van der Waals surface area contributed by atoms with E-state index in [1.807, 2.05) is 31.2 Å². The van der Waals surface area contributed by atoms with E-state index in [2.05, 4.69) is 21.2 Å². The van der Waals surface area contributed by atoms with Crippen molar-refractivity contribution in [2.75, 3.05) is 12.4 Å². The molecule has 1 amide bonds. The van der Waals surface area contributed by atoms with Gasteiger partial charge < -0.3 is 14.8 Å². The molecule has 0 bridgehead atoms. The van der Waals surface area contributed by atoms with Crippen molar-refractivity contribution in [2.24, 2.45) is 0 Å². The van der Waals surface area contributed by atoms with Crippen molar-refractivity contribution in [2.45, 2.75) is 13.5 Å². The summed E-state index contributed by atoms with van der Waals surface area (Å²) in [5.74, 6) is -0.109. The summed E-state index contributed by atoms with van der Waals surface area (Å²) >= 11 is 3.44. The second-order valence-corrected chi connectivity index (χ2v) is 7.75. The summed E-state index contributed by atoms with van der Waals surface area (Å²) in [5.41, 5.74) is 2.48. The highest BCUT2D eigenvalue weighted by Crippen LogP contribution is 2.35. The average molecular weight is 495 g/mol. The van der Waals surface area contributed by atoms with Gasteiger partial charge in [-0.1, -0.05) is 46.3 Å². The smallest absolute Gasteiger partial charge is 0.266 e. The van der Waals surface area contributed by atoms with Crippen LogP contribution in [0, 0.1) is 24.1 Å². The fraction of sp³-hybridized carbons (Fsp3) is 0.120. The van der Waals surface area contributed by atoms with Crippen LogP contribution < -0.4 is 14.8 Å². The Morgan fingerprint density at radius 2 is 1.94 bits per heavy atom. The number of anilines is 1. The Labute approximate surface area is 194 Å². The minimum absolute atomic E-state index is 0.0208. The number of carbonyl (C=O) groups is 1. The molecule has 0 aliphatic rings. The third-order valence-corrected chi connectivity index (χ3v) is 5.25. The van der Waals surface area contributed by atoms with Crippen molar-refractivity contribution >= 4 is 33.6 Å². The van der Waals surface area contributed by atoms with Gasteiger partial charge in [-0.2, -0.15) is 5.26 Å². The molecule has 0 heterocycles. The Hall–Kier alpha value is -3.63. The highest BCUT2D eigenvalue weighted by molar-refractivity contribution is 9.10. The summed E-state index contributed by atoms with van der Waals surface area (Å²) in [6.07, 6.45) is 1.46. The van der Waals surface area contributed by atoms with Crippen molar-refractivity contribution in [1.29, 1.82) is 5.26 Å². The monoisotopic (exact) mass is 494 g/mol. The van der Waals surface area contributed by atoms with Gasteiger partial charge in [0.15, 0.2) is 11.5 Å². The molecule has 3 aromatic rings. The first kappa shape index (κ1) is 23.0. The van der Waals surface area contributed by atoms with Crippen molar-refractivity contribution in [3.63, 3.8) is 0 Å². The van der Waals surface area contributed by atoms with E-state index in [4.69, 9.17) is 9.47 Å². The minimum Gasteiger partial charge on any atom is -0.493 e. The Morgan fingerprint density at radius 3 is 2.62 bits per heavy atom. The van der Waals surface area contributed by atoms with Crippen molar-refractivity contribution in [3.8, 4) is 17.6 Å². The van der Waals surface area contributed by atoms with Crippen molar-refractivity contribution in [3.05, 3.63) is 93.2 Å². The number of amides is 1. The predicted molar refractivity (Wildman–Crippen MR) is 125 cm³/mol. The third kappa shape index (κ3) is 5.74. The highest BCUT2D eigenvalue weighted by atomic mass is 79.9. The maximum absolute atomic E-state index is 13.9. The molecule has 7 heteroatoms. The fourth-order valence-corrected chi connectivity index (χ4v) is 3.37. The molecular weight excluding hydrogens is 475 g/mol. The van der Waals surface area contributed by atoms with Crippen LogP contribution in [0.15, 0.2) is 70.7 Å². The number of nitrogens with one attached hydrogen (secondary N) is 1. The van der Waals surface area contributed by atoms with Crippen molar-refractivity contribution < 1.29 is 18.7 Å². The number of nitriles is 1. The number of aryl methyl sites for hydroxylation is 1. The maximum Gasteiger partial charge on any atom is 0.266 e. The van der Waals surface area contributed by atoms with Crippen LogP contribution in [0.4, 0.5) is 10.1 Å². The molecule has 1 N–H and O–H groups in total. The van der Waals surface area contributed by atoms with Gasteiger partial charge in [0.25, 0.3) is 5.91 Å². The molecule has 0 aliphatic carbocycles. The van der Waals surface area contributed by atoms with Crippen LogP contribution in [0.3, 0.4) is 0 Å². The van der Waals surface area contributed by atoms with Gasteiger partial charge in [0, 0.05) is 15.7 Å². The van der Waals surface area contributed by atoms with Crippen LogP contribution in [0.2, 0.25) is 0 Å². The molecule has 3 aromatic carbocycles. The molecule has 0 saturated heterocycles. The zero-order chi connectivity index (χ0) is 23.1. The normalized spacial score (nSPS) is 10.9. The Morgan fingerprint density at radius 1 is 1.16 bits per heavy atom. The Balaban J connectivity index is 1.83. The number of rotatable bonds is 7. The molecular formula is C25H20BrFN2O3. The van der Waals surface area contributed by atoms with Crippen LogP contribution in [0.25, 0.3) is 6.08 Å². The van der Waals surface area contributed by atoms with Gasteiger partial charge in [0.05, 0.1) is 7.11 Å². The number of hydrogen-bond acceptors (Lipinski definition) is 4. The van der Waals surface area contributed by atoms with Gasteiger partial charge in [0.1, 0.15) is 24.1 Å². The van der Waals surface area contributed by atoms with E-state index in [1.165, 1.54) is 19.3 Å². The van der Waals surface area contributed by atoms with Crippen LogP contribution in [0.5, 0.6) is 11.5 Å². The lowest BCUT2D eigenvalue weighted by molar-refractivity contribution is -0.112. The van der Waals surface area contributed by atoms with E-state index in [9.17, 15) is 14.4 Å². The Bertz CT molecular complexity index is 1220. The molecule has 0 spiro atoms. The van der Waals surface area contributed by atoms with Gasteiger partial charge in [-0.15, -0.1) is 0 Å². The second-order valence-electron chi connectivity index (χ2n) is 6.90. The van der Waals surface area contributed by atoms with E-state index in [0.717, 1.165) is 5.56 Å². The first-order valence-corrected chi connectivity index (χ1v) is 10.4. The van der Waals surface area contributed by atoms with Crippen LogP contribution in [-0.4, -0.2) is 13.0 Å². The molecule has 0 aromatic heterocycles. The zero-order valence-electron chi connectivity index (χ0n) is 17.5. The average Bonchev–Trinajstić information content (AvgIpc) is 2.77. The lowest BCUT2D eigenvalue weighted by Crippen LogP contribution is -2.13. The van der Waals surface area contributed by atoms with Gasteiger partial charge >= 0.3 is 0 Å². The summed E-state index contributed by atoms with van der Waals surface area (Å²) < 4.78 is 25.6. The standard InChI is InChI=1S/C25H20BrFN2O3/c1-16-6-5-8-20(10-16)29-25(30)19(14-28)11-18-12-23(31-2)24(13-21(18)26)32-15-17-7-3-4-9-22(17)27/h3-13H,15H2,1-2H3,(H,29,30)/b19-11-. The van der Waals surface area contributed by atoms with E-state index < -0.39 is 5.91 Å². The van der Waals surface area contributed by atoms with E-state index >= 15 is 0 Å². The number of benzene rings is 3. The molecule has 0 atom stereocenters. The number of carbonyl (C=O) groups excluding carboxylic acids is 1. The molecule has 3 rings (SSSR count). The molecule has 0 radical (unpaired) electrons. The van der Waals surface area contributed by atoms with Gasteiger partial charge in [-0.3, -0.25) is 4.79 Å². The minimum atomic E-state index is -0.524. The fourth-order valence-electron chi connectivity index (χ4n) is 2.93. The topological polar surface area (TPSA) is 71.3 Å². The predicted octanol–water partition coefficient (Wildman–Crippen LogP) is 6.03. The summed E-state index contributed by atoms with van der Waals surface area (Å²) in [7, 11) is 1.47. The molecule has 0 fully saturated rings. The zero-order valence-corrected chi connectivity index (χ0v) is 19.1. The molecule has 32 heavy (non-hydrogen) atoms. The van der Waals surface area contributed by atoms with Gasteiger partial charge in [0.2, 0.25) is 0 Å². The maximum atomic E-state index is 13.9. The summed E-state index contributed by atoms with van der Waals surface area (Å²) in [5, 5.41) is 12.2. The lowest BCUT2D eigenvalue weighted by Gasteiger charge is -2.13. The number of halogens is 2. The number of methoxy groups -OCH3 is 1. The third-order valence-electron chi connectivity index (χ3n) is 4.56. The number of ether oxygens (including phenoxy) is 2. The van der Waals surface area contributed by atoms with E-state index in [1.54, 1.807) is 36.4 Å². The van der Waals surface area contributed by atoms with Crippen LogP contribution in [0.1, 0.15) is 16.7 Å². The van der Waals surface area contributed by atoms with Crippen molar-refractivity contribution in [1.82, 2.24) is 0 Å². The van der Waals surface area contributed by atoms with Crippen LogP contribution in [-0.2, 0) is 11.4 Å². The summed E-state index contributed by atoms with van der Waals surface area (Å²) in [6, 6.07) is 18.9. The number of hydrogen-bond donors (Lipinski definition) is 1. The molecule has 5 nitrogen and oxygen atoms in total. The second kappa shape index (κ2) is 10.6. The van der Waals surface area contributed by atoms with Crippen LogP contribution >= 0.6 is 15.9 Å². The largest absolute Gasteiger partial charge is 0.493 e. The first-order valence-electron chi connectivity index (χ1n) is 9.65. The molecule has 0 saturated carbocycles. The molecule has 0 aliphatic heterocycles. The number of nitrogens with zero attached hydrogens (tertiary/aromatic N) is 1. The highest BCUT2D eigenvalue weighted by Gasteiger charge is 2.14. The van der Waals surface area contributed by atoms with E-state index in [-0.39, 0.29) is 18.0 Å². The quantitative estimate of drug-likeness (QED) is 0.321. The molecule has 0 unspecified atom stereocenters. The first-order chi connectivity index (χ1) is 15.4. The van der Waals surface area contributed by atoms with Gasteiger partial charge in [-0.25, -0.2) is 4.39 Å². The molecule has 162 valence electrons. The lowest BCUT2D eigenvalue weighted by atomic mass is 10.1. The summed E-state index contributed by atoms with van der Waals surface area (Å²) in [4.78, 5) is 12.6. The van der Waals surface area contributed by atoms with Gasteiger partial charge in [-0.05, 0) is 54.5 Å².